The third kappa shape index (κ3) is 3.10. The SMILES string of the molecule is CN(C)C(=O)COc1ccc2ccc(-c3cccc4c3OCC4)cc2c1. The molecule has 4 rings (SSSR count). The number of benzene rings is 3. The number of amides is 1. The minimum Gasteiger partial charge on any atom is -0.492 e. The van der Waals surface area contributed by atoms with Gasteiger partial charge in [0.25, 0.3) is 5.91 Å². The minimum atomic E-state index is -0.0594. The van der Waals surface area contributed by atoms with Gasteiger partial charge >= 0.3 is 0 Å². The molecule has 1 aliphatic rings. The zero-order valence-electron chi connectivity index (χ0n) is 15.0. The molecule has 26 heavy (non-hydrogen) atoms. The lowest BCUT2D eigenvalue weighted by Gasteiger charge is -2.12. The molecule has 3 aromatic carbocycles. The smallest absolute Gasteiger partial charge is 0.259 e. The minimum absolute atomic E-state index is 0.0399. The summed E-state index contributed by atoms with van der Waals surface area (Å²) in [6, 6.07) is 18.6. The van der Waals surface area contributed by atoms with Gasteiger partial charge in [-0.05, 0) is 40.1 Å². The molecule has 0 fully saturated rings. The van der Waals surface area contributed by atoms with Crippen LogP contribution in [0.5, 0.6) is 11.5 Å². The highest BCUT2D eigenvalue weighted by atomic mass is 16.5. The first-order chi connectivity index (χ1) is 12.6. The van der Waals surface area contributed by atoms with Gasteiger partial charge in [-0.3, -0.25) is 4.79 Å². The highest BCUT2D eigenvalue weighted by molar-refractivity contribution is 5.89. The number of carbonyl (C=O) groups is 1. The average Bonchev–Trinajstić information content (AvgIpc) is 3.14. The van der Waals surface area contributed by atoms with Gasteiger partial charge in [0.2, 0.25) is 0 Å². The Hall–Kier alpha value is -3.01. The number of para-hydroxylation sites is 1. The Morgan fingerprint density at radius 1 is 1.08 bits per heavy atom. The lowest BCUT2D eigenvalue weighted by Crippen LogP contribution is -2.27. The van der Waals surface area contributed by atoms with Gasteiger partial charge in [-0.25, -0.2) is 0 Å². The molecule has 0 atom stereocenters. The molecule has 0 saturated heterocycles. The third-order valence-electron chi connectivity index (χ3n) is 4.70. The Kier molecular flexibility index (Phi) is 4.25. The molecule has 3 aromatic rings. The van der Waals surface area contributed by atoms with E-state index in [4.69, 9.17) is 9.47 Å². The van der Waals surface area contributed by atoms with E-state index in [1.807, 2.05) is 18.2 Å². The van der Waals surface area contributed by atoms with E-state index in [9.17, 15) is 4.79 Å². The molecule has 0 radical (unpaired) electrons. The Bertz CT molecular complexity index is 978. The maximum atomic E-state index is 11.7. The molecular weight excluding hydrogens is 326 g/mol. The molecule has 0 spiro atoms. The molecule has 1 aliphatic heterocycles. The molecule has 4 nitrogen and oxygen atoms in total. The van der Waals surface area contributed by atoms with Crippen LogP contribution in [0.2, 0.25) is 0 Å². The number of ether oxygens (including phenoxy) is 2. The summed E-state index contributed by atoms with van der Waals surface area (Å²) in [4.78, 5) is 13.2. The van der Waals surface area contributed by atoms with E-state index in [1.54, 1.807) is 14.1 Å². The summed E-state index contributed by atoms with van der Waals surface area (Å²) in [5, 5.41) is 2.21. The van der Waals surface area contributed by atoms with Crippen LogP contribution >= 0.6 is 0 Å². The molecule has 4 heteroatoms. The molecule has 0 aromatic heterocycles. The topological polar surface area (TPSA) is 38.8 Å². The summed E-state index contributed by atoms with van der Waals surface area (Å²) < 4.78 is 11.5. The van der Waals surface area contributed by atoms with Gasteiger partial charge in [-0.1, -0.05) is 36.4 Å². The second-order valence-electron chi connectivity index (χ2n) is 6.69. The van der Waals surface area contributed by atoms with E-state index in [0.717, 1.165) is 40.7 Å². The van der Waals surface area contributed by atoms with Crippen molar-refractivity contribution in [3.63, 3.8) is 0 Å². The van der Waals surface area contributed by atoms with E-state index < -0.39 is 0 Å². The van der Waals surface area contributed by atoms with Gasteiger partial charge < -0.3 is 14.4 Å². The Morgan fingerprint density at radius 3 is 2.77 bits per heavy atom. The zero-order valence-corrected chi connectivity index (χ0v) is 15.0. The van der Waals surface area contributed by atoms with Crippen molar-refractivity contribution in [1.82, 2.24) is 4.90 Å². The number of rotatable bonds is 4. The van der Waals surface area contributed by atoms with Crippen LogP contribution < -0.4 is 9.47 Å². The molecule has 0 N–H and O–H groups in total. The monoisotopic (exact) mass is 347 g/mol. The summed E-state index contributed by atoms with van der Waals surface area (Å²) in [5.74, 6) is 1.63. The van der Waals surface area contributed by atoms with Crippen molar-refractivity contribution < 1.29 is 14.3 Å². The number of nitrogens with zero attached hydrogens (tertiary/aromatic N) is 1. The van der Waals surface area contributed by atoms with Crippen molar-refractivity contribution in [1.29, 1.82) is 0 Å². The first-order valence-corrected chi connectivity index (χ1v) is 8.73. The van der Waals surface area contributed by atoms with Crippen molar-refractivity contribution in [2.45, 2.75) is 6.42 Å². The van der Waals surface area contributed by atoms with Gasteiger partial charge in [-0.2, -0.15) is 0 Å². The third-order valence-corrected chi connectivity index (χ3v) is 4.70. The van der Waals surface area contributed by atoms with Crippen LogP contribution in [0.4, 0.5) is 0 Å². The molecule has 1 amide bonds. The van der Waals surface area contributed by atoms with Crippen molar-refractivity contribution in [3.8, 4) is 22.6 Å². The maximum absolute atomic E-state index is 11.7. The summed E-state index contributed by atoms with van der Waals surface area (Å²) in [5.41, 5.74) is 3.51. The van der Waals surface area contributed by atoms with Gasteiger partial charge in [0.1, 0.15) is 11.5 Å². The van der Waals surface area contributed by atoms with Crippen LogP contribution in [-0.2, 0) is 11.2 Å². The summed E-state index contributed by atoms with van der Waals surface area (Å²) >= 11 is 0. The summed E-state index contributed by atoms with van der Waals surface area (Å²) in [6.07, 6.45) is 0.967. The van der Waals surface area contributed by atoms with Crippen LogP contribution in [0.1, 0.15) is 5.56 Å². The molecular formula is C22H21NO3. The first-order valence-electron chi connectivity index (χ1n) is 8.73. The zero-order chi connectivity index (χ0) is 18.1. The van der Waals surface area contributed by atoms with Gasteiger partial charge in [0.15, 0.2) is 6.61 Å². The van der Waals surface area contributed by atoms with E-state index in [0.29, 0.717) is 5.75 Å². The van der Waals surface area contributed by atoms with Crippen molar-refractivity contribution in [3.05, 3.63) is 60.2 Å². The number of fused-ring (bicyclic) bond motifs is 2. The van der Waals surface area contributed by atoms with Crippen LogP contribution in [0, 0.1) is 0 Å². The quantitative estimate of drug-likeness (QED) is 0.718. The number of hydrogen-bond donors (Lipinski definition) is 0. The summed E-state index contributed by atoms with van der Waals surface area (Å²) in [7, 11) is 3.44. The van der Waals surface area contributed by atoms with E-state index in [1.165, 1.54) is 10.5 Å². The molecule has 1 heterocycles. The Morgan fingerprint density at radius 2 is 1.92 bits per heavy atom. The predicted octanol–water partition coefficient (Wildman–Crippen LogP) is 3.91. The Labute approximate surface area is 153 Å². The fraction of sp³-hybridized carbons (Fsp3) is 0.227. The van der Waals surface area contributed by atoms with Gasteiger partial charge in [0, 0.05) is 26.1 Å². The Balaban J connectivity index is 1.66. The molecule has 0 aliphatic carbocycles. The predicted molar refractivity (Wildman–Crippen MR) is 103 cm³/mol. The normalized spacial score (nSPS) is 12.5. The molecule has 0 saturated carbocycles. The van der Waals surface area contributed by atoms with Crippen molar-refractivity contribution in [2.24, 2.45) is 0 Å². The molecule has 132 valence electrons. The van der Waals surface area contributed by atoms with Crippen LogP contribution in [0.3, 0.4) is 0 Å². The number of carbonyl (C=O) groups excluding carboxylic acids is 1. The van der Waals surface area contributed by atoms with Gasteiger partial charge in [-0.15, -0.1) is 0 Å². The second-order valence-corrected chi connectivity index (χ2v) is 6.69. The molecule has 0 unspecified atom stereocenters. The largest absolute Gasteiger partial charge is 0.492 e. The van der Waals surface area contributed by atoms with Crippen molar-refractivity contribution in [2.75, 3.05) is 27.3 Å². The average molecular weight is 347 g/mol. The number of likely N-dealkylation sites (N-methyl/N-ethyl adjacent to an activating group) is 1. The standard InChI is InChI=1S/C22H21NO3/c1-23(2)21(24)14-26-19-9-8-15-6-7-17(12-18(15)13-19)20-5-3-4-16-10-11-25-22(16)20/h3-9,12-13H,10-11,14H2,1-2H3. The lowest BCUT2D eigenvalue weighted by molar-refractivity contribution is -0.130. The molecule has 0 bridgehead atoms. The second kappa shape index (κ2) is 6.71. The highest BCUT2D eigenvalue weighted by Gasteiger charge is 2.17. The van der Waals surface area contributed by atoms with E-state index in [2.05, 4.69) is 36.4 Å². The van der Waals surface area contributed by atoms with Gasteiger partial charge in [0.05, 0.1) is 6.61 Å². The van der Waals surface area contributed by atoms with Crippen LogP contribution in [0.15, 0.2) is 54.6 Å². The van der Waals surface area contributed by atoms with Crippen molar-refractivity contribution >= 4 is 16.7 Å². The first kappa shape index (κ1) is 16.5. The fourth-order valence-corrected chi connectivity index (χ4v) is 3.20. The fourth-order valence-electron chi connectivity index (χ4n) is 3.20. The van der Waals surface area contributed by atoms with Crippen LogP contribution in [-0.4, -0.2) is 38.1 Å². The number of hydrogen-bond acceptors (Lipinski definition) is 3. The van der Waals surface area contributed by atoms with E-state index in [-0.39, 0.29) is 12.5 Å². The lowest BCUT2D eigenvalue weighted by atomic mass is 9.98. The maximum Gasteiger partial charge on any atom is 0.259 e. The highest BCUT2D eigenvalue weighted by Crippen LogP contribution is 2.38. The van der Waals surface area contributed by atoms with Crippen LogP contribution in [0.25, 0.3) is 21.9 Å². The summed E-state index contributed by atoms with van der Waals surface area (Å²) in [6.45, 7) is 0.788. The van der Waals surface area contributed by atoms with E-state index >= 15 is 0 Å².